The molecule has 112 valence electrons. The Morgan fingerprint density at radius 3 is 2.65 bits per heavy atom. The van der Waals surface area contributed by atoms with Crippen molar-refractivity contribution < 1.29 is 14.7 Å². The molecule has 2 saturated heterocycles. The summed E-state index contributed by atoms with van der Waals surface area (Å²) < 4.78 is 0. The molecule has 0 aromatic carbocycles. The molecular weight excluding hydrogens is 258 g/mol. The fourth-order valence-electron chi connectivity index (χ4n) is 3.82. The van der Waals surface area contributed by atoms with Gasteiger partial charge in [0.25, 0.3) is 5.91 Å². The minimum absolute atomic E-state index is 0.0419. The van der Waals surface area contributed by atoms with Gasteiger partial charge in [0.05, 0.1) is 6.61 Å². The third-order valence-electron chi connectivity index (χ3n) is 5.02. The molecule has 6 heteroatoms. The van der Waals surface area contributed by atoms with Crippen molar-refractivity contribution >= 4 is 11.9 Å². The van der Waals surface area contributed by atoms with Crippen molar-refractivity contribution in [3.05, 3.63) is 0 Å². The lowest BCUT2D eigenvalue weighted by atomic mass is 9.98. The van der Waals surface area contributed by atoms with E-state index < -0.39 is 5.54 Å². The highest BCUT2D eigenvalue weighted by Crippen LogP contribution is 2.35. The first kappa shape index (κ1) is 13.8. The summed E-state index contributed by atoms with van der Waals surface area (Å²) in [6, 6.07) is -0.0483. The lowest BCUT2D eigenvalue weighted by Crippen LogP contribution is -2.45. The largest absolute Gasteiger partial charge is 0.395 e. The van der Waals surface area contributed by atoms with Gasteiger partial charge < -0.3 is 10.4 Å². The van der Waals surface area contributed by atoms with E-state index in [0.717, 1.165) is 45.1 Å². The Bertz CT molecular complexity index is 406. The van der Waals surface area contributed by atoms with E-state index in [0.29, 0.717) is 13.1 Å². The molecule has 0 aromatic heterocycles. The standard InChI is InChI=1S/C14H23N3O3/c18-10-11-4-3-7-16(11)8-9-17-12(19)14(15-13(17)20)5-1-2-6-14/h11,18H,1-10H2,(H,15,20)/t11-/m0/s1. The molecule has 3 rings (SSSR count). The van der Waals surface area contributed by atoms with Gasteiger partial charge in [-0.15, -0.1) is 0 Å². The summed E-state index contributed by atoms with van der Waals surface area (Å²) in [6.45, 7) is 2.20. The van der Waals surface area contributed by atoms with Crippen molar-refractivity contribution in [2.24, 2.45) is 0 Å². The molecule has 1 atom stereocenters. The van der Waals surface area contributed by atoms with Gasteiger partial charge in [-0.3, -0.25) is 14.6 Å². The topological polar surface area (TPSA) is 72.9 Å². The van der Waals surface area contributed by atoms with Crippen LogP contribution in [0.4, 0.5) is 4.79 Å². The summed E-state index contributed by atoms with van der Waals surface area (Å²) in [4.78, 5) is 28.1. The quantitative estimate of drug-likeness (QED) is 0.727. The van der Waals surface area contributed by atoms with Crippen LogP contribution in [0.2, 0.25) is 0 Å². The summed E-state index contributed by atoms with van der Waals surface area (Å²) in [5, 5.41) is 12.2. The fourth-order valence-corrected chi connectivity index (χ4v) is 3.82. The van der Waals surface area contributed by atoms with Gasteiger partial charge in [0.15, 0.2) is 0 Å². The fraction of sp³-hybridized carbons (Fsp3) is 0.857. The van der Waals surface area contributed by atoms with Gasteiger partial charge in [-0.1, -0.05) is 12.8 Å². The molecule has 1 saturated carbocycles. The van der Waals surface area contributed by atoms with E-state index in [9.17, 15) is 14.7 Å². The number of aliphatic hydroxyl groups is 1. The van der Waals surface area contributed by atoms with Crippen LogP contribution in [-0.4, -0.2) is 64.7 Å². The number of urea groups is 1. The molecule has 2 heterocycles. The number of imide groups is 1. The van der Waals surface area contributed by atoms with Crippen LogP contribution >= 0.6 is 0 Å². The maximum atomic E-state index is 12.5. The van der Waals surface area contributed by atoms with E-state index in [-0.39, 0.29) is 24.6 Å². The molecule has 0 unspecified atom stereocenters. The zero-order valence-electron chi connectivity index (χ0n) is 11.8. The van der Waals surface area contributed by atoms with E-state index in [4.69, 9.17) is 0 Å². The highest BCUT2D eigenvalue weighted by molar-refractivity contribution is 6.07. The second-order valence-electron chi connectivity index (χ2n) is 6.19. The Kier molecular flexibility index (Phi) is 3.69. The predicted octanol–water partition coefficient (Wildman–Crippen LogP) is 0.308. The number of nitrogens with zero attached hydrogens (tertiary/aromatic N) is 2. The molecule has 3 amide bonds. The summed E-state index contributed by atoms with van der Waals surface area (Å²) in [6.07, 6.45) is 5.65. The minimum atomic E-state index is -0.599. The lowest BCUT2D eigenvalue weighted by molar-refractivity contribution is -0.131. The number of amides is 3. The molecule has 3 aliphatic rings. The Balaban J connectivity index is 1.60. The Labute approximate surface area is 119 Å². The second-order valence-corrected chi connectivity index (χ2v) is 6.19. The molecule has 1 spiro atoms. The summed E-state index contributed by atoms with van der Waals surface area (Å²) in [5.74, 6) is -0.0419. The third kappa shape index (κ3) is 2.20. The van der Waals surface area contributed by atoms with Crippen LogP contribution in [0.5, 0.6) is 0 Å². The number of hydrogen-bond acceptors (Lipinski definition) is 4. The molecule has 2 N–H and O–H groups in total. The molecule has 0 radical (unpaired) electrons. The first-order chi connectivity index (χ1) is 9.66. The van der Waals surface area contributed by atoms with Gasteiger partial charge in [-0.2, -0.15) is 0 Å². The highest BCUT2D eigenvalue weighted by Gasteiger charge is 2.52. The van der Waals surface area contributed by atoms with Crippen molar-refractivity contribution in [2.45, 2.75) is 50.1 Å². The van der Waals surface area contributed by atoms with E-state index >= 15 is 0 Å². The SMILES string of the molecule is O=C1NC2(CCCC2)C(=O)N1CCN1CCC[C@H]1CO. The first-order valence-electron chi connectivity index (χ1n) is 7.65. The number of carbonyl (C=O) groups excluding carboxylic acids is 2. The monoisotopic (exact) mass is 281 g/mol. The van der Waals surface area contributed by atoms with E-state index in [1.807, 2.05) is 0 Å². The van der Waals surface area contributed by atoms with Crippen LogP contribution in [0.1, 0.15) is 38.5 Å². The number of hydrogen-bond donors (Lipinski definition) is 2. The Morgan fingerprint density at radius 1 is 1.20 bits per heavy atom. The van der Waals surface area contributed by atoms with Gasteiger partial charge in [0, 0.05) is 19.1 Å². The van der Waals surface area contributed by atoms with Gasteiger partial charge in [-0.05, 0) is 32.2 Å². The van der Waals surface area contributed by atoms with Crippen molar-refractivity contribution in [3.8, 4) is 0 Å². The second kappa shape index (κ2) is 5.33. The van der Waals surface area contributed by atoms with Gasteiger partial charge >= 0.3 is 6.03 Å². The Hall–Kier alpha value is -1.14. The zero-order valence-corrected chi connectivity index (χ0v) is 11.8. The molecule has 1 aliphatic carbocycles. The number of nitrogens with one attached hydrogen (secondary N) is 1. The normalized spacial score (nSPS) is 29.6. The molecule has 6 nitrogen and oxygen atoms in total. The molecule has 2 aliphatic heterocycles. The van der Waals surface area contributed by atoms with Crippen molar-refractivity contribution in [1.82, 2.24) is 15.1 Å². The molecular formula is C14H23N3O3. The van der Waals surface area contributed by atoms with Crippen LogP contribution in [0.25, 0.3) is 0 Å². The first-order valence-corrected chi connectivity index (χ1v) is 7.65. The molecule has 3 fully saturated rings. The smallest absolute Gasteiger partial charge is 0.325 e. The Morgan fingerprint density at radius 2 is 1.95 bits per heavy atom. The maximum Gasteiger partial charge on any atom is 0.325 e. The highest BCUT2D eigenvalue weighted by atomic mass is 16.3. The summed E-state index contributed by atoms with van der Waals surface area (Å²) in [5.41, 5.74) is -0.599. The zero-order chi connectivity index (χ0) is 14.2. The molecule has 20 heavy (non-hydrogen) atoms. The number of rotatable bonds is 4. The van der Waals surface area contributed by atoms with Gasteiger partial charge in [0.2, 0.25) is 0 Å². The van der Waals surface area contributed by atoms with Gasteiger partial charge in [0.1, 0.15) is 5.54 Å². The average molecular weight is 281 g/mol. The lowest BCUT2D eigenvalue weighted by Gasteiger charge is -2.25. The predicted molar refractivity (Wildman–Crippen MR) is 73.1 cm³/mol. The van der Waals surface area contributed by atoms with Crippen LogP contribution in [0, 0.1) is 0 Å². The summed E-state index contributed by atoms with van der Waals surface area (Å²) in [7, 11) is 0. The van der Waals surface area contributed by atoms with Crippen LogP contribution in [0.3, 0.4) is 0 Å². The maximum absolute atomic E-state index is 12.5. The van der Waals surface area contributed by atoms with Crippen LogP contribution < -0.4 is 5.32 Å². The minimum Gasteiger partial charge on any atom is -0.395 e. The van der Waals surface area contributed by atoms with Crippen LogP contribution in [-0.2, 0) is 4.79 Å². The van der Waals surface area contributed by atoms with Crippen LogP contribution in [0.15, 0.2) is 0 Å². The van der Waals surface area contributed by atoms with E-state index in [2.05, 4.69) is 10.2 Å². The molecule has 0 bridgehead atoms. The van der Waals surface area contributed by atoms with E-state index in [1.165, 1.54) is 4.90 Å². The molecule has 0 aromatic rings. The number of aliphatic hydroxyl groups excluding tert-OH is 1. The van der Waals surface area contributed by atoms with Gasteiger partial charge in [-0.25, -0.2) is 4.79 Å². The van der Waals surface area contributed by atoms with Crippen molar-refractivity contribution in [1.29, 1.82) is 0 Å². The average Bonchev–Trinajstić information content (AvgIpc) is 3.12. The summed E-state index contributed by atoms with van der Waals surface area (Å²) >= 11 is 0. The van der Waals surface area contributed by atoms with Crippen molar-refractivity contribution in [3.63, 3.8) is 0 Å². The number of likely N-dealkylation sites (tertiary alicyclic amines) is 1. The number of carbonyl (C=O) groups is 2. The van der Waals surface area contributed by atoms with Crippen molar-refractivity contribution in [2.75, 3.05) is 26.2 Å². The third-order valence-corrected chi connectivity index (χ3v) is 5.02. The van der Waals surface area contributed by atoms with E-state index in [1.54, 1.807) is 0 Å².